The van der Waals surface area contributed by atoms with E-state index < -0.39 is 0 Å². The van der Waals surface area contributed by atoms with E-state index in [0.717, 1.165) is 36.5 Å². The summed E-state index contributed by atoms with van der Waals surface area (Å²) >= 11 is 1.63. The van der Waals surface area contributed by atoms with Crippen molar-refractivity contribution in [1.29, 1.82) is 0 Å². The second-order valence-corrected chi connectivity index (χ2v) is 5.34. The Hall–Kier alpha value is -1.17. The monoisotopic (exact) mass is 249 g/mol. The lowest BCUT2D eigenvalue weighted by atomic mass is 10.1. The molecule has 1 aromatic heterocycles. The summed E-state index contributed by atoms with van der Waals surface area (Å²) in [5, 5.41) is 15.3. The Morgan fingerprint density at radius 1 is 1.35 bits per heavy atom. The highest BCUT2D eigenvalue weighted by Crippen LogP contribution is 2.27. The minimum Gasteiger partial charge on any atom is -0.344 e. The van der Waals surface area contributed by atoms with Gasteiger partial charge < -0.3 is 10.5 Å². The van der Waals surface area contributed by atoms with Crippen LogP contribution >= 0.6 is 11.3 Å². The number of nitrogens with one attached hydrogen (secondary N) is 1. The van der Waals surface area contributed by atoms with Gasteiger partial charge >= 0.3 is 0 Å². The maximum atomic E-state index is 9.75. The minimum atomic E-state index is 0.00399. The molecular weight excluding hydrogens is 234 g/mol. The quantitative estimate of drug-likeness (QED) is 0.859. The van der Waals surface area contributed by atoms with Crippen molar-refractivity contribution in [2.75, 3.05) is 11.9 Å². The normalized spacial score (nSPS) is 21.8. The first-order chi connectivity index (χ1) is 8.33. The molecule has 90 valence electrons. The van der Waals surface area contributed by atoms with Crippen molar-refractivity contribution in [3.63, 3.8) is 0 Å². The lowest BCUT2D eigenvalue weighted by molar-refractivity contribution is -0.133. The van der Waals surface area contributed by atoms with Crippen LogP contribution in [0.25, 0.3) is 10.2 Å². The smallest absolute Gasteiger partial charge is 0.185 e. The molecule has 0 aliphatic carbocycles. The molecule has 17 heavy (non-hydrogen) atoms. The van der Waals surface area contributed by atoms with Crippen LogP contribution in [0.3, 0.4) is 0 Å². The van der Waals surface area contributed by atoms with Crippen molar-refractivity contribution in [1.82, 2.24) is 10.0 Å². The standard InChI is InChI=1S/C12H15N3OS/c16-15-8-4-3-7-11(15)14-12-13-9-5-1-2-6-10(9)17-12/h1-2,5-6,11,16H,3-4,7-8H2,(H,13,14). The summed E-state index contributed by atoms with van der Waals surface area (Å²) in [6.45, 7) is 0.739. The van der Waals surface area contributed by atoms with Gasteiger partial charge in [0.1, 0.15) is 6.17 Å². The van der Waals surface area contributed by atoms with Gasteiger partial charge in [0.15, 0.2) is 5.13 Å². The number of nitrogens with zero attached hydrogens (tertiary/aromatic N) is 2. The maximum Gasteiger partial charge on any atom is 0.185 e. The molecule has 4 nitrogen and oxygen atoms in total. The molecule has 5 heteroatoms. The summed E-state index contributed by atoms with van der Waals surface area (Å²) in [4.78, 5) is 4.51. The molecule has 1 unspecified atom stereocenters. The Balaban J connectivity index is 1.79. The van der Waals surface area contributed by atoms with E-state index in [9.17, 15) is 5.21 Å². The number of para-hydroxylation sites is 1. The average molecular weight is 249 g/mol. The van der Waals surface area contributed by atoms with Crippen molar-refractivity contribution >= 4 is 26.7 Å². The second kappa shape index (κ2) is 4.60. The fourth-order valence-electron chi connectivity index (χ4n) is 2.14. The van der Waals surface area contributed by atoms with Crippen molar-refractivity contribution in [3.8, 4) is 0 Å². The van der Waals surface area contributed by atoms with Gasteiger partial charge in [-0.25, -0.2) is 4.98 Å². The molecule has 1 fully saturated rings. The summed E-state index contributed by atoms with van der Waals surface area (Å²) in [6.07, 6.45) is 3.19. The number of thiazole rings is 1. The summed E-state index contributed by atoms with van der Waals surface area (Å²) < 4.78 is 1.18. The van der Waals surface area contributed by atoms with Crippen LogP contribution < -0.4 is 5.32 Å². The molecule has 0 amide bonds. The zero-order chi connectivity index (χ0) is 11.7. The Morgan fingerprint density at radius 3 is 3.06 bits per heavy atom. The molecule has 1 aliphatic heterocycles. The number of rotatable bonds is 2. The van der Waals surface area contributed by atoms with Crippen LogP contribution in [0.1, 0.15) is 19.3 Å². The van der Waals surface area contributed by atoms with Gasteiger partial charge in [0.2, 0.25) is 0 Å². The second-order valence-electron chi connectivity index (χ2n) is 4.31. The first-order valence-corrected chi connectivity index (χ1v) is 6.72. The fourth-order valence-corrected chi connectivity index (χ4v) is 3.05. The Morgan fingerprint density at radius 2 is 2.24 bits per heavy atom. The number of fused-ring (bicyclic) bond motifs is 1. The van der Waals surface area contributed by atoms with Gasteiger partial charge in [-0.15, -0.1) is 0 Å². The molecular formula is C12H15N3OS. The van der Waals surface area contributed by atoms with Crippen molar-refractivity contribution < 1.29 is 5.21 Å². The van der Waals surface area contributed by atoms with Crippen LogP contribution in [-0.4, -0.2) is 28.0 Å². The third kappa shape index (κ3) is 2.26. The number of hydroxylamine groups is 2. The lowest BCUT2D eigenvalue weighted by Crippen LogP contribution is -2.42. The van der Waals surface area contributed by atoms with E-state index in [0.29, 0.717) is 0 Å². The first-order valence-electron chi connectivity index (χ1n) is 5.90. The minimum absolute atomic E-state index is 0.00399. The third-order valence-electron chi connectivity index (χ3n) is 3.06. The molecule has 0 saturated carbocycles. The van der Waals surface area contributed by atoms with Gasteiger partial charge in [0.05, 0.1) is 10.2 Å². The van der Waals surface area contributed by atoms with Gasteiger partial charge in [-0.3, -0.25) is 0 Å². The molecule has 1 aromatic carbocycles. The van der Waals surface area contributed by atoms with E-state index in [1.807, 2.05) is 18.2 Å². The average Bonchev–Trinajstić information content (AvgIpc) is 2.74. The van der Waals surface area contributed by atoms with E-state index >= 15 is 0 Å². The number of hydrogen-bond donors (Lipinski definition) is 2. The summed E-state index contributed by atoms with van der Waals surface area (Å²) in [5.74, 6) is 0. The Kier molecular flexibility index (Phi) is 2.96. The molecule has 1 aliphatic rings. The van der Waals surface area contributed by atoms with E-state index in [4.69, 9.17) is 0 Å². The number of hydrogen-bond acceptors (Lipinski definition) is 5. The van der Waals surface area contributed by atoms with Crippen LogP contribution in [0.15, 0.2) is 24.3 Å². The van der Waals surface area contributed by atoms with Gasteiger partial charge in [-0.1, -0.05) is 23.5 Å². The van der Waals surface area contributed by atoms with E-state index in [1.165, 1.54) is 9.76 Å². The van der Waals surface area contributed by atoms with Crippen LogP contribution in [0.5, 0.6) is 0 Å². The van der Waals surface area contributed by atoms with Crippen LogP contribution in [-0.2, 0) is 0 Å². The van der Waals surface area contributed by atoms with Gasteiger partial charge in [-0.2, -0.15) is 5.06 Å². The van der Waals surface area contributed by atoms with Crippen molar-refractivity contribution in [3.05, 3.63) is 24.3 Å². The summed E-state index contributed by atoms with van der Waals surface area (Å²) in [6, 6.07) is 8.08. The van der Waals surface area contributed by atoms with Crippen molar-refractivity contribution in [2.45, 2.75) is 25.4 Å². The molecule has 2 N–H and O–H groups in total. The largest absolute Gasteiger partial charge is 0.344 e. The zero-order valence-electron chi connectivity index (χ0n) is 9.47. The number of piperidine rings is 1. The van der Waals surface area contributed by atoms with Crippen molar-refractivity contribution in [2.24, 2.45) is 0 Å². The highest BCUT2D eigenvalue weighted by Gasteiger charge is 2.21. The molecule has 3 rings (SSSR count). The summed E-state index contributed by atoms with van der Waals surface area (Å²) in [7, 11) is 0. The topological polar surface area (TPSA) is 48.4 Å². The Bertz CT molecular complexity index is 480. The van der Waals surface area contributed by atoms with E-state index in [2.05, 4.69) is 16.4 Å². The van der Waals surface area contributed by atoms with Crippen LogP contribution in [0, 0.1) is 0 Å². The molecule has 1 saturated heterocycles. The highest BCUT2D eigenvalue weighted by atomic mass is 32.1. The molecule has 2 heterocycles. The van der Waals surface area contributed by atoms with E-state index in [-0.39, 0.29) is 6.17 Å². The fraction of sp³-hybridized carbons (Fsp3) is 0.417. The zero-order valence-corrected chi connectivity index (χ0v) is 10.3. The number of aromatic nitrogens is 1. The van der Waals surface area contributed by atoms with Gasteiger partial charge in [0.25, 0.3) is 0 Å². The van der Waals surface area contributed by atoms with Crippen LogP contribution in [0.2, 0.25) is 0 Å². The van der Waals surface area contributed by atoms with Gasteiger partial charge in [-0.05, 0) is 31.4 Å². The lowest BCUT2D eigenvalue weighted by Gasteiger charge is -2.30. The predicted octanol–water partition coefficient (Wildman–Crippen LogP) is 2.91. The number of benzene rings is 1. The Labute approximate surface area is 104 Å². The maximum absolute atomic E-state index is 9.75. The third-order valence-corrected chi connectivity index (χ3v) is 4.03. The predicted molar refractivity (Wildman–Crippen MR) is 69.4 cm³/mol. The van der Waals surface area contributed by atoms with Gasteiger partial charge in [0, 0.05) is 6.54 Å². The molecule has 1 atom stereocenters. The van der Waals surface area contributed by atoms with E-state index in [1.54, 1.807) is 11.3 Å². The molecule has 0 spiro atoms. The SMILES string of the molecule is ON1CCCCC1Nc1nc2ccccc2s1. The first kappa shape index (κ1) is 11.0. The molecule has 0 bridgehead atoms. The highest BCUT2D eigenvalue weighted by molar-refractivity contribution is 7.22. The summed E-state index contributed by atoms with van der Waals surface area (Å²) in [5.41, 5.74) is 1.01. The van der Waals surface area contributed by atoms with Crippen LogP contribution in [0.4, 0.5) is 5.13 Å². The molecule has 0 radical (unpaired) electrons. The number of anilines is 1. The molecule has 2 aromatic rings.